The predicted octanol–water partition coefficient (Wildman–Crippen LogP) is 2.86. The van der Waals surface area contributed by atoms with Gasteiger partial charge in [0.1, 0.15) is 5.69 Å². The summed E-state index contributed by atoms with van der Waals surface area (Å²) in [5.41, 5.74) is 5.04. The smallest absolute Gasteiger partial charge is 0.186 e. The molecule has 0 saturated heterocycles. The highest BCUT2D eigenvalue weighted by atomic mass is 32.1. The van der Waals surface area contributed by atoms with Crippen LogP contribution in [0.4, 0.5) is 5.13 Å². The molecule has 0 radical (unpaired) electrons. The van der Waals surface area contributed by atoms with Crippen molar-refractivity contribution in [3.63, 3.8) is 0 Å². The highest BCUT2D eigenvalue weighted by molar-refractivity contribution is 7.14. The van der Waals surface area contributed by atoms with E-state index in [1.807, 2.05) is 13.1 Å². The molecule has 6 heteroatoms. The van der Waals surface area contributed by atoms with Crippen LogP contribution in [0.25, 0.3) is 11.4 Å². The highest BCUT2D eigenvalue weighted by Gasteiger charge is 2.26. The maximum absolute atomic E-state index is 12.1. The summed E-state index contributed by atoms with van der Waals surface area (Å²) < 4.78 is 0. The number of fused-ring (bicyclic) bond motifs is 1. The zero-order valence-corrected chi connectivity index (χ0v) is 13.4. The van der Waals surface area contributed by atoms with Gasteiger partial charge < -0.3 is 9.88 Å². The molecule has 0 aromatic carbocycles. The number of nitrogens with one attached hydrogen (secondary N) is 1. The van der Waals surface area contributed by atoms with E-state index in [9.17, 15) is 4.79 Å². The number of aryl methyl sites for hydroxylation is 1. The van der Waals surface area contributed by atoms with Gasteiger partial charge in [-0.05, 0) is 25.3 Å². The van der Waals surface area contributed by atoms with Crippen molar-refractivity contribution in [2.45, 2.75) is 26.2 Å². The van der Waals surface area contributed by atoms with Crippen LogP contribution in [0.5, 0.6) is 0 Å². The Hall–Kier alpha value is -1.95. The molecule has 0 amide bonds. The molecule has 0 spiro atoms. The Balaban J connectivity index is 1.71. The molecule has 2 aromatic heterocycles. The van der Waals surface area contributed by atoms with Gasteiger partial charge in [-0.1, -0.05) is 0 Å². The lowest BCUT2D eigenvalue weighted by molar-refractivity contribution is 0.0972. The zero-order chi connectivity index (χ0) is 15.1. The van der Waals surface area contributed by atoms with Gasteiger partial charge in [-0.3, -0.25) is 9.79 Å². The van der Waals surface area contributed by atoms with Crippen molar-refractivity contribution in [3.05, 3.63) is 22.2 Å². The number of aromatic amines is 1. The summed E-state index contributed by atoms with van der Waals surface area (Å²) in [6.45, 7) is 4.57. The van der Waals surface area contributed by atoms with Crippen molar-refractivity contribution < 1.29 is 4.79 Å². The number of nitrogens with zero attached hydrogens (tertiary/aromatic N) is 3. The van der Waals surface area contributed by atoms with Crippen LogP contribution in [0, 0.1) is 6.92 Å². The SMILES string of the molecule is Cc1[nH]c(-c2csc(N3CC=NCC3)n2)c2c1C(=O)CCC2. The van der Waals surface area contributed by atoms with Crippen molar-refractivity contribution in [2.24, 2.45) is 4.99 Å². The first kappa shape index (κ1) is 13.7. The molecule has 5 nitrogen and oxygen atoms in total. The van der Waals surface area contributed by atoms with Crippen molar-refractivity contribution in [3.8, 4) is 11.4 Å². The number of ketones is 1. The fourth-order valence-electron chi connectivity index (χ4n) is 3.29. The normalized spacial score (nSPS) is 17.9. The number of anilines is 1. The molecule has 114 valence electrons. The maximum Gasteiger partial charge on any atom is 0.186 e. The molecule has 2 aromatic rings. The van der Waals surface area contributed by atoms with Crippen LogP contribution >= 0.6 is 11.3 Å². The average molecular weight is 314 g/mol. The first-order valence-corrected chi connectivity index (χ1v) is 8.56. The van der Waals surface area contributed by atoms with Gasteiger partial charge >= 0.3 is 0 Å². The van der Waals surface area contributed by atoms with Crippen LogP contribution in [0.15, 0.2) is 10.4 Å². The molecule has 1 N–H and O–H groups in total. The first-order chi connectivity index (χ1) is 10.7. The van der Waals surface area contributed by atoms with Crippen molar-refractivity contribution in [1.29, 1.82) is 0 Å². The number of rotatable bonds is 2. The van der Waals surface area contributed by atoms with Gasteiger partial charge in [0.2, 0.25) is 0 Å². The topological polar surface area (TPSA) is 61.4 Å². The number of aromatic nitrogens is 2. The minimum atomic E-state index is 0.268. The number of aliphatic imine (C=N–C) groups is 1. The highest BCUT2D eigenvalue weighted by Crippen LogP contribution is 2.35. The van der Waals surface area contributed by atoms with E-state index in [1.54, 1.807) is 11.3 Å². The van der Waals surface area contributed by atoms with Crippen molar-refractivity contribution in [2.75, 3.05) is 24.5 Å². The molecule has 0 bridgehead atoms. The predicted molar refractivity (Wildman–Crippen MR) is 89.5 cm³/mol. The minimum Gasteiger partial charge on any atom is -0.356 e. The summed E-state index contributed by atoms with van der Waals surface area (Å²) in [5.74, 6) is 0.268. The molecule has 4 rings (SSSR count). The maximum atomic E-state index is 12.1. The molecule has 0 unspecified atom stereocenters. The molecule has 2 aliphatic rings. The summed E-state index contributed by atoms with van der Waals surface area (Å²) in [4.78, 5) is 26.8. The standard InChI is InChI=1S/C16H18N4OS/c1-10-14-11(3-2-4-13(14)21)15(18-10)12-9-22-16(19-12)20-7-5-17-6-8-20/h5,9,18H,2-4,6-8H2,1H3. The Kier molecular flexibility index (Phi) is 3.33. The summed E-state index contributed by atoms with van der Waals surface area (Å²) in [6.07, 6.45) is 4.52. The fourth-order valence-corrected chi connectivity index (χ4v) is 4.14. The van der Waals surface area contributed by atoms with Crippen LogP contribution in [-0.4, -0.2) is 41.6 Å². The van der Waals surface area contributed by atoms with E-state index in [-0.39, 0.29) is 5.78 Å². The molecule has 1 aliphatic heterocycles. The Morgan fingerprint density at radius 1 is 1.36 bits per heavy atom. The van der Waals surface area contributed by atoms with E-state index in [0.717, 1.165) is 65.8 Å². The van der Waals surface area contributed by atoms with Crippen LogP contribution in [-0.2, 0) is 6.42 Å². The number of carbonyl (C=O) groups excluding carboxylic acids is 1. The number of carbonyl (C=O) groups is 1. The van der Waals surface area contributed by atoms with Gasteiger partial charge in [-0.15, -0.1) is 11.3 Å². The second-order valence-corrected chi connectivity index (χ2v) is 6.64. The van der Waals surface area contributed by atoms with Crippen LogP contribution in [0.3, 0.4) is 0 Å². The van der Waals surface area contributed by atoms with E-state index < -0.39 is 0 Å². The lowest BCUT2D eigenvalue weighted by atomic mass is 9.91. The lowest BCUT2D eigenvalue weighted by Gasteiger charge is -2.21. The van der Waals surface area contributed by atoms with E-state index >= 15 is 0 Å². The second-order valence-electron chi connectivity index (χ2n) is 5.81. The molecular formula is C16H18N4OS. The van der Waals surface area contributed by atoms with Gasteiger partial charge in [-0.25, -0.2) is 4.98 Å². The molecule has 3 heterocycles. The third-order valence-corrected chi connectivity index (χ3v) is 5.25. The summed E-state index contributed by atoms with van der Waals surface area (Å²) in [5, 5.41) is 3.12. The molecule has 1 aliphatic carbocycles. The lowest BCUT2D eigenvalue weighted by Crippen LogP contribution is -2.31. The largest absolute Gasteiger partial charge is 0.356 e. The molecular weight excluding hydrogens is 296 g/mol. The summed E-state index contributed by atoms with van der Waals surface area (Å²) in [6, 6.07) is 0. The van der Waals surface area contributed by atoms with E-state index in [4.69, 9.17) is 4.98 Å². The Bertz CT molecular complexity index is 758. The van der Waals surface area contributed by atoms with Gasteiger partial charge in [-0.2, -0.15) is 0 Å². The summed E-state index contributed by atoms with van der Waals surface area (Å²) in [7, 11) is 0. The number of hydrogen-bond donors (Lipinski definition) is 1. The molecule has 0 atom stereocenters. The van der Waals surface area contributed by atoms with E-state index in [0.29, 0.717) is 6.42 Å². The Labute approximate surface area is 133 Å². The van der Waals surface area contributed by atoms with Gasteiger partial charge in [0.05, 0.1) is 18.8 Å². The number of hydrogen-bond acceptors (Lipinski definition) is 5. The van der Waals surface area contributed by atoms with Gasteiger partial charge in [0.25, 0.3) is 0 Å². The van der Waals surface area contributed by atoms with Gasteiger partial charge in [0, 0.05) is 35.8 Å². The Morgan fingerprint density at radius 3 is 3.09 bits per heavy atom. The van der Waals surface area contributed by atoms with Crippen molar-refractivity contribution >= 4 is 28.5 Å². The quantitative estimate of drug-likeness (QED) is 0.927. The first-order valence-electron chi connectivity index (χ1n) is 7.68. The monoisotopic (exact) mass is 314 g/mol. The molecule has 22 heavy (non-hydrogen) atoms. The third-order valence-electron chi connectivity index (χ3n) is 4.35. The van der Waals surface area contributed by atoms with Gasteiger partial charge in [0.15, 0.2) is 10.9 Å². The van der Waals surface area contributed by atoms with Crippen LogP contribution < -0.4 is 4.90 Å². The minimum absolute atomic E-state index is 0.268. The number of thiazole rings is 1. The van der Waals surface area contributed by atoms with Crippen LogP contribution in [0.2, 0.25) is 0 Å². The van der Waals surface area contributed by atoms with Crippen LogP contribution in [0.1, 0.15) is 34.5 Å². The third kappa shape index (κ3) is 2.18. The van der Waals surface area contributed by atoms with Crippen molar-refractivity contribution in [1.82, 2.24) is 9.97 Å². The van der Waals surface area contributed by atoms with E-state index in [1.165, 1.54) is 0 Å². The second kappa shape index (κ2) is 5.35. The Morgan fingerprint density at radius 2 is 2.27 bits per heavy atom. The number of Topliss-reactive ketones (excluding diaryl/α,β-unsaturated/α-hetero) is 1. The van der Waals surface area contributed by atoms with E-state index in [2.05, 4.69) is 20.3 Å². The number of H-pyrrole nitrogens is 1. The molecule has 0 fully saturated rings. The summed E-state index contributed by atoms with van der Waals surface area (Å²) >= 11 is 1.66. The average Bonchev–Trinajstić information content (AvgIpc) is 3.14. The molecule has 0 saturated carbocycles. The fraction of sp³-hybridized carbons (Fsp3) is 0.438. The zero-order valence-electron chi connectivity index (χ0n) is 12.6.